The molecule has 3 rings (SSSR count). The zero-order chi connectivity index (χ0) is 16.9. The van der Waals surface area contributed by atoms with Crippen molar-refractivity contribution in [2.75, 3.05) is 13.2 Å². The van der Waals surface area contributed by atoms with E-state index in [1.54, 1.807) is 18.2 Å². The van der Waals surface area contributed by atoms with Gasteiger partial charge in [0.2, 0.25) is 0 Å². The number of hydrazone groups is 1. The van der Waals surface area contributed by atoms with Crippen molar-refractivity contribution in [3.8, 4) is 11.5 Å². The number of non-ortho nitro benzene ring substituents is 1. The molecule has 1 heterocycles. The van der Waals surface area contributed by atoms with Gasteiger partial charge in [0.15, 0.2) is 11.5 Å². The lowest BCUT2D eigenvalue weighted by Gasteiger charge is -2.18. The standard InChI is InChI=1S/C16H13N3O5/c20-16(12-3-6-14-15(9-12)24-8-7-23-14)18-17-10-11-1-4-13(5-2-11)19(21)22/h1-6,9-10H,7-8H2,(H,18,20). The van der Waals surface area contributed by atoms with Crippen molar-refractivity contribution in [1.82, 2.24) is 5.43 Å². The molecule has 1 aliphatic heterocycles. The van der Waals surface area contributed by atoms with Crippen LogP contribution in [-0.2, 0) is 0 Å². The normalized spacial score (nSPS) is 12.8. The lowest BCUT2D eigenvalue weighted by Crippen LogP contribution is -2.19. The largest absolute Gasteiger partial charge is 0.486 e. The van der Waals surface area contributed by atoms with E-state index < -0.39 is 10.8 Å². The fourth-order valence-corrected chi connectivity index (χ4v) is 2.10. The number of nitrogens with zero attached hydrogens (tertiary/aromatic N) is 2. The molecule has 1 amide bonds. The summed E-state index contributed by atoms with van der Waals surface area (Å²) in [5.74, 6) is 0.727. The maximum atomic E-state index is 12.1. The number of amides is 1. The van der Waals surface area contributed by atoms with Gasteiger partial charge in [-0.1, -0.05) is 0 Å². The molecule has 0 fully saturated rings. The lowest BCUT2D eigenvalue weighted by molar-refractivity contribution is -0.384. The van der Waals surface area contributed by atoms with E-state index in [-0.39, 0.29) is 5.69 Å². The molecule has 8 heteroatoms. The number of nitro benzene ring substituents is 1. The molecular formula is C16H13N3O5. The quantitative estimate of drug-likeness (QED) is 0.526. The summed E-state index contributed by atoms with van der Waals surface area (Å²) in [6, 6.07) is 10.7. The summed E-state index contributed by atoms with van der Waals surface area (Å²) >= 11 is 0. The fraction of sp³-hybridized carbons (Fsp3) is 0.125. The highest BCUT2D eigenvalue weighted by Gasteiger charge is 2.14. The maximum absolute atomic E-state index is 12.1. The highest BCUT2D eigenvalue weighted by molar-refractivity contribution is 5.95. The average molecular weight is 327 g/mol. The molecule has 122 valence electrons. The summed E-state index contributed by atoms with van der Waals surface area (Å²) in [5.41, 5.74) is 3.40. The molecule has 0 aromatic heterocycles. The first-order valence-corrected chi connectivity index (χ1v) is 7.11. The molecule has 2 aromatic rings. The van der Waals surface area contributed by atoms with E-state index in [1.807, 2.05) is 0 Å². The molecule has 0 unspecified atom stereocenters. The van der Waals surface area contributed by atoms with Gasteiger partial charge < -0.3 is 9.47 Å². The topological polar surface area (TPSA) is 103 Å². The van der Waals surface area contributed by atoms with Gasteiger partial charge in [0.25, 0.3) is 11.6 Å². The highest BCUT2D eigenvalue weighted by Crippen LogP contribution is 2.30. The molecule has 0 saturated carbocycles. The lowest BCUT2D eigenvalue weighted by atomic mass is 10.2. The van der Waals surface area contributed by atoms with Crippen molar-refractivity contribution in [3.63, 3.8) is 0 Å². The van der Waals surface area contributed by atoms with E-state index in [2.05, 4.69) is 10.5 Å². The van der Waals surface area contributed by atoms with Crippen LogP contribution < -0.4 is 14.9 Å². The molecule has 0 saturated heterocycles. The van der Waals surface area contributed by atoms with E-state index in [0.717, 1.165) is 0 Å². The fourth-order valence-electron chi connectivity index (χ4n) is 2.10. The van der Waals surface area contributed by atoms with E-state index in [9.17, 15) is 14.9 Å². The molecule has 0 bridgehead atoms. The summed E-state index contributed by atoms with van der Waals surface area (Å²) in [6.07, 6.45) is 1.40. The van der Waals surface area contributed by atoms with Gasteiger partial charge >= 0.3 is 0 Å². The molecule has 2 aromatic carbocycles. The predicted octanol–water partition coefficient (Wildman–Crippen LogP) is 2.13. The minimum atomic E-state index is -0.482. The summed E-state index contributed by atoms with van der Waals surface area (Å²) in [4.78, 5) is 22.1. The molecule has 0 atom stereocenters. The minimum Gasteiger partial charge on any atom is -0.486 e. The van der Waals surface area contributed by atoms with Crippen LogP contribution in [0.25, 0.3) is 0 Å². The van der Waals surface area contributed by atoms with E-state index in [0.29, 0.717) is 35.8 Å². The summed E-state index contributed by atoms with van der Waals surface area (Å²) in [7, 11) is 0. The van der Waals surface area contributed by atoms with Crippen LogP contribution in [0, 0.1) is 10.1 Å². The number of hydrogen-bond donors (Lipinski definition) is 1. The summed E-state index contributed by atoms with van der Waals surface area (Å²) in [6.45, 7) is 0.925. The molecule has 0 aliphatic carbocycles. The number of carbonyl (C=O) groups excluding carboxylic acids is 1. The Labute approximate surface area is 136 Å². The Morgan fingerprint density at radius 2 is 1.83 bits per heavy atom. The first-order valence-electron chi connectivity index (χ1n) is 7.11. The number of hydrogen-bond acceptors (Lipinski definition) is 6. The first kappa shape index (κ1) is 15.5. The molecule has 1 N–H and O–H groups in total. The number of nitro groups is 1. The van der Waals surface area contributed by atoms with Crippen LogP contribution in [0.5, 0.6) is 11.5 Å². The second-order valence-corrected chi connectivity index (χ2v) is 4.91. The van der Waals surface area contributed by atoms with Gasteiger partial charge in [0.1, 0.15) is 13.2 Å². The molecule has 0 radical (unpaired) electrons. The second kappa shape index (κ2) is 6.78. The Bertz CT molecular complexity index is 802. The van der Waals surface area contributed by atoms with Crippen molar-refractivity contribution >= 4 is 17.8 Å². The van der Waals surface area contributed by atoms with Crippen molar-refractivity contribution in [3.05, 3.63) is 63.7 Å². The zero-order valence-electron chi connectivity index (χ0n) is 12.5. The van der Waals surface area contributed by atoms with Gasteiger partial charge in [-0.3, -0.25) is 14.9 Å². The summed E-state index contributed by atoms with van der Waals surface area (Å²) < 4.78 is 10.8. The molecule has 0 spiro atoms. The Morgan fingerprint density at radius 3 is 2.54 bits per heavy atom. The smallest absolute Gasteiger partial charge is 0.271 e. The van der Waals surface area contributed by atoms with Crippen LogP contribution in [0.3, 0.4) is 0 Å². The van der Waals surface area contributed by atoms with Crippen LogP contribution in [0.1, 0.15) is 15.9 Å². The molecular weight excluding hydrogens is 314 g/mol. The van der Waals surface area contributed by atoms with Crippen LogP contribution >= 0.6 is 0 Å². The Kier molecular flexibility index (Phi) is 4.37. The van der Waals surface area contributed by atoms with Crippen LogP contribution in [0.2, 0.25) is 0 Å². The van der Waals surface area contributed by atoms with Crippen molar-refractivity contribution in [1.29, 1.82) is 0 Å². The molecule has 1 aliphatic rings. The highest BCUT2D eigenvalue weighted by atomic mass is 16.6. The third-order valence-corrected chi connectivity index (χ3v) is 3.29. The Morgan fingerprint density at radius 1 is 1.12 bits per heavy atom. The van der Waals surface area contributed by atoms with Gasteiger partial charge in [0.05, 0.1) is 11.1 Å². The number of ether oxygens (including phenoxy) is 2. The van der Waals surface area contributed by atoms with E-state index >= 15 is 0 Å². The van der Waals surface area contributed by atoms with Gasteiger partial charge in [-0.15, -0.1) is 0 Å². The van der Waals surface area contributed by atoms with Crippen molar-refractivity contribution in [2.24, 2.45) is 5.10 Å². The number of rotatable bonds is 4. The second-order valence-electron chi connectivity index (χ2n) is 4.91. The first-order chi connectivity index (χ1) is 11.6. The van der Waals surface area contributed by atoms with Crippen molar-refractivity contribution < 1.29 is 19.2 Å². The van der Waals surface area contributed by atoms with Gasteiger partial charge in [-0.05, 0) is 35.9 Å². The maximum Gasteiger partial charge on any atom is 0.271 e. The monoisotopic (exact) mass is 327 g/mol. The number of benzene rings is 2. The Balaban J connectivity index is 1.63. The number of nitrogens with one attached hydrogen (secondary N) is 1. The third-order valence-electron chi connectivity index (χ3n) is 3.29. The van der Waals surface area contributed by atoms with Gasteiger partial charge in [-0.25, -0.2) is 5.43 Å². The van der Waals surface area contributed by atoms with E-state index in [1.165, 1.54) is 30.5 Å². The SMILES string of the molecule is O=C(NN=Cc1ccc([N+](=O)[O-])cc1)c1ccc2c(c1)OCCO2. The number of carbonyl (C=O) groups is 1. The van der Waals surface area contributed by atoms with Crippen molar-refractivity contribution in [2.45, 2.75) is 0 Å². The van der Waals surface area contributed by atoms with Crippen LogP contribution in [-0.4, -0.2) is 30.3 Å². The third kappa shape index (κ3) is 3.49. The summed E-state index contributed by atoms with van der Waals surface area (Å²) in [5, 5.41) is 14.4. The molecule has 8 nitrogen and oxygen atoms in total. The zero-order valence-corrected chi connectivity index (χ0v) is 12.5. The van der Waals surface area contributed by atoms with Crippen LogP contribution in [0.4, 0.5) is 5.69 Å². The van der Waals surface area contributed by atoms with Gasteiger partial charge in [0, 0.05) is 17.7 Å². The molecule has 24 heavy (non-hydrogen) atoms. The van der Waals surface area contributed by atoms with E-state index in [4.69, 9.17) is 9.47 Å². The average Bonchev–Trinajstić information content (AvgIpc) is 2.61. The van der Waals surface area contributed by atoms with Gasteiger partial charge in [-0.2, -0.15) is 5.10 Å². The minimum absolute atomic E-state index is 0.00698. The van der Waals surface area contributed by atoms with Crippen LogP contribution in [0.15, 0.2) is 47.6 Å². The predicted molar refractivity (Wildman–Crippen MR) is 85.6 cm³/mol. The number of fused-ring (bicyclic) bond motifs is 1. The Hall–Kier alpha value is -3.42.